The van der Waals surface area contributed by atoms with Crippen LogP contribution in [0.25, 0.3) is 0 Å². The van der Waals surface area contributed by atoms with E-state index in [1.807, 2.05) is 0 Å². The molecular formula is C10H12BrN3O3. The number of rotatable bonds is 4. The predicted molar refractivity (Wildman–Crippen MR) is 65.0 cm³/mol. The number of aromatic nitrogens is 1. The van der Waals surface area contributed by atoms with Crippen LogP contribution < -0.4 is 11.5 Å². The van der Waals surface area contributed by atoms with Gasteiger partial charge in [0.2, 0.25) is 5.91 Å². The first kappa shape index (κ1) is 13.4. The van der Waals surface area contributed by atoms with E-state index in [4.69, 9.17) is 16.2 Å². The van der Waals surface area contributed by atoms with Crippen LogP contribution in [0.1, 0.15) is 17.3 Å². The smallest absolute Gasteiger partial charge is 0.339 e. The average molecular weight is 302 g/mol. The lowest BCUT2D eigenvalue weighted by Crippen LogP contribution is -2.26. The molecule has 1 rings (SSSR count). The molecule has 1 aromatic rings. The molecule has 17 heavy (non-hydrogen) atoms. The van der Waals surface area contributed by atoms with Gasteiger partial charge in [-0.3, -0.25) is 4.79 Å². The lowest BCUT2D eigenvalue weighted by Gasteiger charge is -2.09. The normalized spacial score (nSPS) is 11.9. The van der Waals surface area contributed by atoms with Gasteiger partial charge in [0, 0.05) is 6.20 Å². The largest absolute Gasteiger partial charge is 0.461 e. The van der Waals surface area contributed by atoms with Crippen molar-refractivity contribution in [2.24, 2.45) is 11.7 Å². The first-order chi connectivity index (χ1) is 7.91. The number of nitrogen functional groups attached to an aromatic ring is 1. The Hall–Kier alpha value is -1.63. The summed E-state index contributed by atoms with van der Waals surface area (Å²) in [4.78, 5) is 26.2. The number of carbonyl (C=O) groups is 2. The molecule has 1 heterocycles. The molecule has 0 radical (unpaired) electrons. The van der Waals surface area contributed by atoms with Crippen molar-refractivity contribution >= 4 is 33.6 Å². The summed E-state index contributed by atoms with van der Waals surface area (Å²) in [5, 5.41) is 0. The molecule has 0 saturated heterocycles. The van der Waals surface area contributed by atoms with E-state index in [2.05, 4.69) is 20.9 Å². The van der Waals surface area contributed by atoms with Crippen LogP contribution in [-0.4, -0.2) is 23.5 Å². The summed E-state index contributed by atoms with van der Waals surface area (Å²) in [5.74, 6) is -1.43. The number of pyridine rings is 1. The lowest BCUT2D eigenvalue weighted by molar-refractivity contribution is -0.122. The van der Waals surface area contributed by atoms with Crippen molar-refractivity contribution < 1.29 is 14.3 Å². The highest BCUT2D eigenvalue weighted by Crippen LogP contribution is 2.18. The molecular weight excluding hydrogens is 290 g/mol. The van der Waals surface area contributed by atoms with Crippen molar-refractivity contribution in [2.45, 2.75) is 6.92 Å². The molecule has 0 spiro atoms. The highest BCUT2D eigenvalue weighted by atomic mass is 79.9. The van der Waals surface area contributed by atoms with Crippen molar-refractivity contribution in [1.29, 1.82) is 0 Å². The van der Waals surface area contributed by atoms with Crippen molar-refractivity contribution in [3.63, 3.8) is 0 Å². The molecule has 6 nitrogen and oxygen atoms in total. The Bertz CT molecular complexity index is 450. The zero-order valence-corrected chi connectivity index (χ0v) is 10.7. The first-order valence-corrected chi connectivity index (χ1v) is 5.58. The molecule has 1 unspecified atom stereocenters. The molecule has 7 heteroatoms. The van der Waals surface area contributed by atoms with E-state index in [0.717, 1.165) is 0 Å². The van der Waals surface area contributed by atoms with Gasteiger partial charge in [0.05, 0.1) is 16.0 Å². The fourth-order valence-corrected chi connectivity index (χ4v) is 1.35. The summed E-state index contributed by atoms with van der Waals surface area (Å²) >= 11 is 3.16. The number of carbonyl (C=O) groups excluding carboxylic acids is 2. The maximum Gasteiger partial charge on any atom is 0.339 e. The maximum absolute atomic E-state index is 11.7. The fourth-order valence-electron chi connectivity index (χ4n) is 0.972. The molecule has 0 saturated carbocycles. The summed E-state index contributed by atoms with van der Waals surface area (Å²) in [6, 6.07) is 1.39. The van der Waals surface area contributed by atoms with Crippen LogP contribution in [0.2, 0.25) is 0 Å². The van der Waals surface area contributed by atoms with Gasteiger partial charge in [-0.05, 0) is 22.0 Å². The van der Waals surface area contributed by atoms with Gasteiger partial charge in [-0.2, -0.15) is 0 Å². The van der Waals surface area contributed by atoms with E-state index in [9.17, 15) is 9.59 Å². The van der Waals surface area contributed by atoms with Crippen molar-refractivity contribution in [3.8, 4) is 0 Å². The van der Waals surface area contributed by atoms with Gasteiger partial charge in [0.15, 0.2) is 0 Å². The number of nitrogens with two attached hydrogens (primary N) is 2. The summed E-state index contributed by atoms with van der Waals surface area (Å²) in [6.45, 7) is 1.51. The third-order valence-corrected chi connectivity index (χ3v) is 2.68. The Balaban J connectivity index is 2.70. The van der Waals surface area contributed by atoms with Gasteiger partial charge in [0.25, 0.3) is 0 Å². The van der Waals surface area contributed by atoms with Crippen LogP contribution in [0, 0.1) is 5.92 Å². The topological polar surface area (TPSA) is 108 Å². The van der Waals surface area contributed by atoms with Gasteiger partial charge in [-0.25, -0.2) is 9.78 Å². The Morgan fingerprint density at radius 1 is 1.59 bits per heavy atom. The zero-order chi connectivity index (χ0) is 13.0. The fraction of sp³-hybridized carbons (Fsp3) is 0.300. The summed E-state index contributed by atoms with van der Waals surface area (Å²) in [5.41, 5.74) is 10.8. The van der Waals surface area contributed by atoms with Crippen LogP contribution in [0.3, 0.4) is 0 Å². The number of primary amides is 1. The van der Waals surface area contributed by atoms with Gasteiger partial charge in [0.1, 0.15) is 12.4 Å². The second-order valence-electron chi connectivity index (χ2n) is 3.49. The minimum absolute atomic E-state index is 0.0666. The van der Waals surface area contributed by atoms with Gasteiger partial charge in [-0.15, -0.1) is 0 Å². The second kappa shape index (κ2) is 5.62. The predicted octanol–water partition coefficient (Wildman–Crippen LogP) is 0.705. The Kier molecular flexibility index (Phi) is 4.45. The molecule has 0 aromatic carbocycles. The Morgan fingerprint density at radius 2 is 2.24 bits per heavy atom. The van der Waals surface area contributed by atoms with Crippen LogP contribution in [0.4, 0.5) is 5.82 Å². The Labute approximate surface area is 106 Å². The standard InChI is InChI=1S/C10H12BrN3O3/c1-5(9(13)15)4-17-10(16)6-2-8(12)14-3-7(6)11/h2-3,5H,4H2,1H3,(H2,12,14)(H2,13,15). The highest BCUT2D eigenvalue weighted by molar-refractivity contribution is 9.10. The molecule has 0 aliphatic rings. The third kappa shape index (κ3) is 3.70. The van der Waals surface area contributed by atoms with Crippen LogP contribution in [-0.2, 0) is 9.53 Å². The van der Waals surface area contributed by atoms with E-state index < -0.39 is 17.8 Å². The van der Waals surface area contributed by atoms with Crippen molar-refractivity contribution in [3.05, 3.63) is 22.3 Å². The summed E-state index contributed by atoms with van der Waals surface area (Å²) in [6.07, 6.45) is 1.41. The van der Waals surface area contributed by atoms with E-state index in [1.54, 1.807) is 6.92 Å². The van der Waals surface area contributed by atoms with E-state index in [1.165, 1.54) is 12.3 Å². The Morgan fingerprint density at radius 3 is 2.82 bits per heavy atom. The molecule has 1 aromatic heterocycles. The number of halogens is 1. The van der Waals surface area contributed by atoms with Crippen LogP contribution in [0.15, 0.2) is 16.7 Å². The summed E-state index contributed by atoms with van der Waals surface area (Å²) in [7, 11) is 0. The SMILES string of the molecule is CC(COC(=O)c1cc(N)ncc1Br)C(N)=O. The molecule has 0 aliphatic heterocycles. The van der Waals surface area contributed by atoms with E-state index >= 15 is 0 Å². The molecule has 0 bridgehead atoms. The van der Waals surface area contributed by atoms with Crippen molar-refractivity contribution in [1.82, 2.24) is 4.98 Å². The number of nitrogens with zero attached hydrogens (tertiary/aromatic N) is 1. The van der Waals surface area contributed by atoms with E-state index in [0.29, 0.717) is 4.47 Å². The van der Waals surface area contributed by atoms with Gasteiger partial charge < -0.3 is 16.2 Å². The maximum atomic E-state index is 11.7. The van der Waals surface area contributed by atoms with Gasteiger partial charge in [-0.1, -0.05) is 6.92 Å². The number of hydrogen-bond acceptors (Lipinski definition) is 5. The molecule has 92 valence electrons. The monoisotopic (exact) mass is 301 g/mol. The lowest BCUT2D eigenvalue weighted by atomic mass is 10.2. The summed E-state index contributed by atoms with van der Waals surface area (Å²) < 4.78 is 5.41. The minimum atomic E-state index is -0.584. The highest BCUT2D eigenvalue weighted by Gasteiger charge is 2.16. The molecule has 0 fully saturated rings. The minimum Gasteiger partial charge on any atom is -0.461 e. The number of esters is 1. The zero-order valence-electron chi connectivity index (χ0n) is 9.14. The first-order valence-electron chi connectivity index (χ1n) is 4.79. The number of ether oxygens (including phenoxy) is 1. The van der Waals surface area contributed by atoms with Crippen molar-refractivity contribution in [2.75, 3.05) is 12.3 Å². The average Bonchev–Trinajstić information content (AvgIpc) is 2.28. The quantitative estimate of drug-likeness (QED) is 0.796. The molecule has 0 aliphatic carbocycles. The third-order valence-electron chi connectivity index (χ3n) is 2.05. The number of amides is 1. The molecule has 4 N–H and O–H groups in total. The van der Waals surface area contributed by atoms with Crippen LogP contribution >= 0.6 is 15.9 Å². The van der Waals surface area contributed by atoms with Crippen LogP contribution in [0.5, 0.6) is 0 Å². The number of anilines is 1. The molecule has 1 atom stereocenters. The second-order valence-corrected chi connectivity index (χ2v) is 4.35. The van der Waals surface area contributed by atoms with E-state index in [-0.39, 0.29) is 18.0 Å². The van der Waals surface area contributed by atoms with Gasteiger partial charge >= 0.3 is 5.97 Å². The molecule has 1 amide bonds. The number of hydrogen-bond donors (Lipinski definition) is 2.